The zero-order valence-corrected chi connectivity index (χ0v) is 20.2. The van der Waals surface area contributed by atoms with Crippen LogP contribution in [0.15, 0.2) is 36.4 Å². The van der Waals surface area contributed by atoms with Crippen molar-refractivity contribution in [1.82, 2.24) is 0 Å². The fraction of sp³-hybridized carbons (Fsp3) is 0.464. The number of hydrogen-bond donors (Lipinski definition) is 2. The molecule has 0 saturated carbocycles. The molecule has 0 fully saturated rings. The highest BCUT2D eigenvalue weighted by Gasteiger charge is 2.40. The molecule has 0 amide bonds. The van der Waals surface area contributed by atoms with E-state index in [1.165, 1.54) is 23.3 Å². The fourth-order valence-corrected chi connectivity index (χ4v) is 4.34. The summed E-state index contributed by atoms with van der Waals surface area (Å²) in [7, 11) is 1.68. The van der Waals surface area contributed by atoms with Crippen molar-refractivity contribution in [3.63, 3.8) is 0 Å². The number of rotatable bonds is 7. The highest BCUT2D eigenvalue weighted by Crippen LogP contribution is 2.50. The fourth-order valence-electron chi connectivity index (χ4n) is 4.34. The van der Waals surface area contributed by atoms with Gasteiger partial charge in [-0.1, -0.05) is 45.6 Å². The van der Waals surface area contributed by atoms with Gasteiger partial charge in [0.05, 0.1) is 12.2 Å². The van der Waals surface area contributed by atoms with E-state index in [9.17, 15) is 9.90 Å². The van der Waals surface area contributed by atoms with E-state index in [1.807, 2.05) is 6.07 Å². The summed E-state index contributed by atoms with van der Waals surface area (Å²) < 4.78 is 11.4. The van der Waals surface area contributed by atoms with Crippen LogP contribution in [0, 0.1) is 11.8 Å². The molecule has 176 valence electrons. The van der Waals surface area contributed by atoms with E-state index in [-0.39, 0.29) is 16.4 Å². The summed E-state index contributed by atoms with van der Waals surface area (Å²) in [5.74, 6) is 5.69. The van der Waals surface area contributed by atoms with E-state index >= 15 is 0 Å². The molecule has 0 bridgehead atoms. The Morgan fingerprint density at radius 3 is 2.36 bits per heavy atom. The van der Waals surface area contributed by atoms with Gasteiger partial charge in [-0.05, 0) is 65.1 Å². The van der Waals surface area contributed by atoms with Crippen LogP contribution in [0.3, 0.4) is 0 Å². The third-order valence-electron chi connectivity index (χ3n) is 6.46. The predicted molar refractivity (Wildman–Crippen MR) is 129 cm³/mol. The number of aromatic carboxylic acids is 1. The van der Waals surface area contributed by atoms with Crippen molar-refractivity contribution in [1.29, 1.82) is 0 Å². The van der Waals surface area contributed by atoms with Crippen molar-refractivity contribution in [2.75, 3.05) is 20.3 Å². The van der Waals surface area contributed by atoms with Crippen LogP contribution in [0.2, 0.25) is 0 Å². The molecule has 0 saturated heterocycles. The Bertz CT molecular complexity index is 1050. The van der Waals surface area contributed by atoms with Crippen molar-refractivity contribution in [2.24, 2.45) is 0 Å². The lowest BCUT2D eigenvalue weighted by Gasteiger charge is -2.43. The topological polar surface area (TPSA) is 76.0 Å². The molecule has 2 N–H and O–H groups in total. The smallest absolute Gasteiger partial charge is 0.335 e. The Hall–Kier alpha value is -2.81. The first kappa shape index (κ1) is 24.8. The zero-order chi connectivity index (χ0) is 24.2. The summed E-state index contributed by atoms with van der Waals surface area (Å²) in [5.41, 5.74) is 3.91. The molecule has 1 unspecified atom stereocenters. The van der Waals surface area contributed by atoms with Gasteiger partial charge < -0.3 is 19.7 Å². The van der Waals surface area contributed by atoms with Gasteiger partial charge >= 0.3 is 5.97 Å². The van der Waals surface area contributed by atoms with Gasteiger partial charge in [-0.3, -0.25) is 0 Å². The molecule has 0 radical (unpaired) electrons. The molecule has 1 aliphatic rings. The van der Waals surface area contributed by atoms with Crippen molar-refractivity contribution in [3.8, 4) is 17.6 Å². The molecule has 5 nitrogen and oxygen atoms in total. The molecular formula is C28H34O5. The molecule has 1 atom stereocenters. The molecule has 0 heterocycles. The van der Waals surface area contributed by atoms with Gasteiger partial charge in [0.25, 0.3) is 0 Å². The average Bonchev–Trinajstić information content (AvgIpc) is 2.78. The van der Waals surface area contributed by atoms with E-state index in [0.717, 1.165) is 25.0 Å². The van der Waals surface area contributed by atoms with E-state index in [1.54, 1.807) is 19.2 Å². The minimum atomic E-state index is -0.989. The maximum Gasteiger partial charge on any atom is 0.335 e. The number of fused-ring (bicyclic) bond motifs is 1. The standard InChI is InChI=1S/C28H34O5/c1-27(2)13-14-28(3,4)25-22(27)17-21(18-24(25)33-16-6-15-32-5)23(29)12-9-19-7-10-20(11-8-19)26(30)31/h7-8,10-11,17-18,23,29H,6,13-16H2,1-5H3,(H,30,31). The normalized spacial score (nSPS) is 16.8. The zero-order valence-electron chi connectivity index (χ0n) is 20.2. The average molecular weight is 451 g/mol. The molecule has 2 aromatic carbocycles. The van der Waals surface area contributed by atoms with Crippen LogP contribution in [-0.2, 0) is 15.6 Å². The number of carboxylic acid groups (broad SMARTS) is 1. The minimum absolute atomic E-state index is 0.0253. The van der Waals surface area contributed by atoms with E-state index in [0.29, 0.717) is 24.3 Å². The lowest BCUT2D eigenvalue weighted by molar-refractivity contribution is 0.0697. The van der Waals surface area contributed by atoms with Gasteiger partial charge in [0.2, 0.25) is 0 Å². The summed E-state index contributed by atoms with van der Waals surface area (Å²) >= 11 is 0. The monoisotopic (exact) mass is 450 g/mol. The summed E-state index contributed by atoms with van der Waals surface area (Å²) in [6.07, 6.45) is 1.91. The van der Waals surface area contributed by atoms with Crippen LogP contribution in [0.4, 0.5) is 0 Å². The highest BCUT2D eigenvalue weighted by molar-refractivity contribution is 5.87. The van der Waals surface area contributed by atoms with Gasteiger partial charge in [0.15, 0.2) is 0 Å². The SMILES string of the molecule is COCCCOc1cc(C(O)C#Cc2ccc(C(=O)O)cc2)cc2c1C(C)(C)CCC2(C)C. The third kappa shape index (κ3) is 5.76. The maximum atomic E-state index is 11.0. The van der Waals surface area contributed by atoms with Gasteiger partial charge in [-0.15, -0.1) is 0 Å². The number of aliphatic hydroxyl groups excluding tert-OH is 1. The van der Waals surface area contributed by atoms with Gasteiger partial charge in [-0.2, -0.15) is 0 Å². The predicted octanol–water partition coefficient (Wildman–Crippen LogP) is 5.23. The molecule has 33 heavy (non-hydrogen) atoms. The summed E-state index contributed by atoms with van der Waals surface area (Å²) in [6, 6.07) is 10.3. The first-order valence-corrected chi connectivity index (χ1v) is 11.4. The number of aliphatic hydroxyl groups is 1. The number of carbonyl (C=O) groups is 1. The number of carboxylic acids is 1. The first-order chi connectivity index (χ1) is 15.5. The van der Waals surface area contributed by atoms with E-state index in [2.05, 4.69) is 45.6 Å². The maximum absolute atomic E-state index is 11.0. The molecule has 0 spiro atoms. The second-order valence-corrected chi connectivity index (χ2v) is 9.96. The van der Waals surface area contributed by atoms with Crippen LogP contribution in [0.5, 0.6) is 5.75 Å². The van der Waals surface area contributed by atoms with Crippen molar-refractivity contribution in [3.05, 3.63) is 64.2 Å². The Kier molecular flexibility index (Phi) is 7.51. The van der Waals surface area contributed by atoms with Gasteiger partial charge in [0, 0.05) is 31.3 Å². The van der Waals surface area contributed by atoms with Crippen LogP contribution < -0.4 is 4.74 Å². The van der Waals surface area contributed by atoms with E-state index in [4.69, 9.17) is 14.6 Å². The van der Waals surface area contributed by atoms with Crippen LogP contribution in [0.25, 0.3) is 0 Å². The molecule has 2 aromatic rings. The summed E-state index contributed by atoms with van der Waals surface area (Å²) in [5, 5.41) is 20.0. The van der Waals surface area contributed by atoms with Crippen LogP contribution in [0.1, 0.15) is 85.7 Å². The summed E-state index contributed by atoms with van der Waals surface area (Å²) in [4.78, 5) is 11.0. The Morgan fingerprint density at radius 1 is 1.06 bits per heavy atom. The number of ether oxygens (including phenoxy) is 2. The molecule has 1 aliphatic carbocycles. The first-order valence-electron chi connectivity index (χ1n) is 11.4. The molecule has 3 rings (SSSR count). The van der Waals surface area contributed by atoms with E-state index < -0.39 is 12.1 Å². The number of methoxy groups -OCH3 is 1. The second-order valence-electron chi connectivity index (χ2n) is 9.96. The molecule has 0 aliphatic heterocycles. The van der Waals surface area contributed by atoms with Crippen LogP contribution >= 0.6 is 0 Å². The molecule has 0 aromatic heterocycles. The molecule has 5 heteroatoms. The third-order valence-corrected chi connectivity index (χ3v) is 6.46. The van der Waals surface area contributed by atoms with Crippen molar-refractivity contribution in [2.45, 2.75) is 63.9 Å². The lowest BCUT2D eigenvalue weighted by atomic mass is 9.62. The van der Waals surface area contributed by atoms with Crippen molar-refractivity contribution < 1.29 is 24.5 Å². The van der Waals surface area contributed by atoms with Crippen molar-refractivity contribution >= 4 is 5.97 Å². The Morgan fingerprint density at radius 2 is 1.73 bits per heavy atom. The quantitative estimate of drug-likeness (QED) is 0.446. The largest absolute Gasteiger partial charge is 0.493 e. The van der Waals surface area contributed by atoms with Gasteiger partial charge in [-0.25, -0.2) is 4.79 Å². The number of hydrogen-bond acceptors (Lipinski definition) is 4. The Balaban J connectivity index is 1.97. The minimum Gasteiger partial charge on any atom is -0.493 e. The molecular weight excluding hydrogens is 416 g/mol. The summed E-state index contributed by atoms with van der Waals surface area (Å²) in [6.45, 7) is 10.1. The second kappa shape index (κ2) is 9.99. The number of benzene rings is 2. The highest BCUT2D eigenvalue weighted by atomic mass is 16.5. The lowest BCUT2D eigenvalue weighted by Crippen LogP contribution is -2.34. The van der Waals surface area contributed by atoms with Crippen LogP contribution in [-0.4, -0.2) is 36.5 Å². The van der Waals surface area contributed by atoms with Gasteiger partial charge in [0.1, 0.15) is 11.9 Å². The Labute approximate surface area is 196 Å².